The van der Waals surface area contributed by atoms with Gasteiger partial charge in [-0.05, 0) is 43.0 Å². The van der Waals surface area contributed by atoms with Gasteiger partial charge in [0.2, 0.25) is 5.91 Å². The Bertz CT molecular complexity index is 1370. The predicted molar refractivity (Wildman–Crippen MR) is 126 cm³/mol. The molecular formula is C25H22ClF2N5O2. The number of rotatable bonds is 4. The second-order valence-electron chi connectivity index (χ2n) is 9.17. The molecule has 10 heteroatoms. The highest BCUT2D eigenvalue weighted by atomic mass is 35.5. The van der Waals surface area contributed by atoms with Crippen molar-refractivity contribution in [2.24, 2.45) is 0 Å². The number of nitrogens with zero attached hydrogens (tertiary/aromatic N) is 3. The molecule has 2 fully saturated rings. The number of aromatic amines is 1. The van der Waals surface area contributed by atoms with Crippen LogP contribution in [0.2, 0.25) is 5.02 Å². The molecule has 5 heterocycles. The van der Waals surface area contributed by atoms with E-state index in [9.17, 15) is 9.18 Å². The Hall–Kier alpha value is -3.30. The number of fused-ring (bicyclic) bond motifs is 1. The third-order valence-corrected chi connectivity index (χ3v) is 7.39. The number of ether oxygens (including phenoxy) is 1. The Kier molecular flexibility index (Phi) is 5.34. The number of pyridine rings is 1. The average molecular weight is 498 g/mol. The van der Waals surface area contributed by atoms with E-state index in [0.29, 0.717) is 54.4 Å². The highest BCUT2D eigenvalue weighted by Crippen LogP contribution is 2.44. The van der Waals surface area contributed by atoms with Crippen molar-refractivity contribution < 1.29 is 18.3 Å². The molecule has 2 saturated heterocycles. The molecule has 0 saturated carbocycles. The summed E-state index contributed by atoms with van der Waals surface area (Å²) in [4.78, 5) is 26.8. The standard InChI is InChI=1S/C25H22ClF2N5O2/c26-16-2-3-17(29)21(23(16)28)12-7-14-1-4-19(33(14)20(34)8-12)25-31-9-18(32-25)15-5-6-30-24(22(15)27)13-10-35-11-13/h2-3,5-6,8-9,13-14,19H,1,4,7,10-11,29H2,(H,31,32)/t14-,19+/m1/s1. The van der Waals surface area contributed by atoms with Crippen LogP contribution in [0, 0.1) is 11.6 Å². The largest absolute Gasteiger partial charge is 0.398 e. The first-order valence-corrected chi connectivity index (χ1v) is 11.8. The van der Waals surface area contributed by atoms with Gasteiger partial charge in [-0.1, -0.05) is 11.6 Å². The number of aromatic nitrogens is 3. The first-order valence-electron chi connectivity index (χ1n) is 11.5. The van der Waals surface area contributed by atoms with Gasteiger partial charge in [0.05, 0.1) is 47.8 Å². The van der Waals surface area contributed by atoms with Crippen LogP contribution in [-0.2, 0) is 9.53 Å². The minimum absolute atomic E-state index is 0.0336. The van der Waals surface area contributed by atoms with Crippen LogP contribution in [0.1, 0.15) is 48.3 Å². The topological polar surface area (TPSA) is 97.1 Å². The van der Waals surface area contributed by atoms with E-state index in [4.69, 9.17) is 22.1 Å². The summed E-state index contributed by atoms with van der Waals surface area (Å²) in [5.41, 5.74) is 8.29. The zero-order valence-electron chi connectivity index (χ0n) is 18.6. The summed E-state index contributed by atoms with van der Waals surface area (Å²) >= 11 is 5.96. The number of benzene rings is 1. The maximum atomic E-state index is 15.2. The zero-order chi connectivity index (χ0) is 24.3. The Morgan fingerprint density at radius 2 is 1.97 bits per heavy atom. The number of hydrogen-bond acceptors (Lipinski definition) is 5. The van der Waals surface area contributed by atoms with E-state index < -0.39 is 5.82 Å². The number of amides is 1. The van der Waals surface area contributed by atoms with Crippen molar-refractivity contribution in [3.63, 3.8) is 0 Å². The minimum Gasteiger partial charge on any atom is -0.398 e. The first kappa shape index (κ1) is 22.2. The Morgan fingerprint density at radius 1 is 1.14 bits per heavy atom. The lowest BCUT2D eigenvalue weighted by Crippen LogP contribution is -2.39. The van der Waals surface area contributed by atoms with Gasteiger partial charge in [-0.25, -0.2) is 13.8 Å². The van der Waals surface area contributed by atoms with E-state index in [1.807, 2.05) is 0 Å². The fraction of sp³-hybridized carbons (Fsp3) is 0.320. The van der Waals surface area contributed by atoms with Gasteiger partial charge in [0.1, 0.15) is 5.82 Å². The fourth-order valence-corrected chi connectivity index (χ4v) is 5.43. The Labute approximate surface area is 205 Å². The van der Waals surface area contributed by atoms with E-state index in [1.54, 1.807) is 29.4 Å². The third kappa shape index (κ3) is 3.61. The molecule has 1 amide bonds. The molecule has 3 aromatic rings. The molecular weight excluding hydrogens is 476 g/mol. The number of nitrogen functional groups attached to an aromatic ring is 1. The average Bonchev–Trinajstić information content (AvgIpc) is 3.44. The van der Waals surface area contributed by atoms with Crippen LogP contribution in [0.15, 0.2) is 36.7 Å². The number of nitrogens with one attached hydrogen (secondary N) is 1. The summed E-state index contributed by atoms with van der Waals surface area (Å²) in [6.07, 6.45) is 6.46. The van der Waals surface area contributed by atoms with E-state index in [-0.39, 0.29) is 46.0 Å². The molecule has 2 aromatic heterocycles. The van der Waals surface area contributed by atoms with Crippen molar-refractivity contribution in [2.75, 3.05) is 18.9 Å². The summed E-state index contributed by atoms with van der Waals surface area (Å²) in [5.74, 6) is -0.693. The van der Waals surface area contributed by atoms with Crippen LogP contribution in [0.4, 0.5) is 14.5 Å². The molecule has 2 atom stereocenters. The molecule has 3 aliphatic rings. The molecule has 6 rings (SSSR count). The normalized spacial score (nSPS) is 22.2. The molecule has 0 bridgehead atoms. The SMILES string of the molecule is Nc1ccc(Cl)c(F)c1C1=CC(=O)N2[C@H](CC[C@H]2c2ncc(-c3ccnc(C4COC4)c3F)[nH]2)C1. The smallest absolute Gasteiger partial charge is 0.247 e. The number of anilines is 1. The summed E-state index contributed by atoms with van der Waals surface area (Å²) < 4.78 is 35.1. The van der Waals surface area contributed by atoms with Gasteiger partial charge in [-0.3, -0.25) is 9.78 Å². The van der Waals surface area contributed by atoms with E-state index >= 15 is 4.39 Å². The maximum absolute atomic E-state index is 15.2. The van der Waals surface area contributed by atoms with Crippen LogP contribution in [-0.4, -0.2) is 45.0 Å². The highest BCUT2D eigenvalue weighted by molar-refractivity contribution is 6.31. The molecule has 1 aromatic carbocycles. The molecule has 180 valence electrons. The Morgan fingerprint density at radius 3 is 2.74 bits per heavy atom. The quantitative estimate of drug-likeness (QED) is 0.513. The van der Waals surface area contributed by atoms with Crippen LogP contribution in [0.3, 0.4) is 0 Å². The molecule has 7 nitrogen and oxygen atoms in total. The number of hydrogen-bond donors (Lipinski definition) is 2. The summed E-state index contributed by atoms with van der Waals surface area (Å²) in [6.45, 7) is 0.921. The number of carbonyl (C=O) groups excluding carboxylic acids is 1. The summed E-state index contributed by atoms with van der Waals surface area (Å²) in [5, 5.41) is -0.0336. The van der Waals surface area contributed by atoms with Gasteiger partial charge in [0.15, 0.2) is 11.6 Å². The lowest BCUT2D eigenvalue weighted by molar-refractivity contribution is -0.129. The number of halogens is 3. The molecule has 35 heavy (non-hydrogen) atoms. The zero-order valence-corrected chi connectivity index (χ0v) is 19.4. The van der Waals surface area contributed by atoms with Gasteiger partial charge in [-0.2, -0.15) is 0 Å². The highest BCUT2D eigenvalue weighted by Gasteiger charge is 2.42. The molecule has 3 N–H and O–H groups in total. The number of carbonyl (C=O) groups is 1. The Balaban J connectivity index is 1.28. The van der Waals surface area contributed by atoms with E-state index in [1.165, 1.54) is 12.1 Å². The van der Waals surface area contributed by atoms with E-state index in [2.05, 4.69) is 15.0 Å². The van der Waals surface area contributed by atoms with Crippen molar-refractivity contribution in [3.05, 3.63) is 70.4 Å². The van der Waals surface area contributed by atoms with E-state index in [0.717, 1.165) is 6.42 Å². The lowest BCUT2D eigenvalue weighted by atomic mass is 9.92. The minimum atomic E-state index is -0.614. The fourth-order valence-electron chi connectivity index (χ4n) is 5.28. The van der Waals surface area contributed by atoms with Gasteiger partial charge in [-0.15, -0.1) is 0 Å². The maximum Gasteiger partial charge on any atom is 0.247 e. The van der Waals surface area contributed by atoms with Crippen molar-refractivity contribution >= 4 is 28.8 Å². The van der Waals surface area contributed by atoms with Crippen LogP contribution < -0.4 is 5.73 Å². The van der Waals surface area contributed by atoms with Crippen LogP contribution >= 0.6 is 11.6 Å². The van der Waals surface area contributed by atoms with Crippen LogP contribution in [0.5, 0.6) is 0 Å². The van der Waals surface area contributed by atoms with Crippen molar-refractivity contribution in [3.8, 4) is 11.3 Å². The van der Waals surface area contributed by atoms with Gasteiger partial charge in [0.25, 0.3) is 0 Å². The van der Waals surface area contributed by atoms with Crippen molar-refractivity contribution in [2.45, 2.75) is 37.3 Å². The predicted octanol–water partition coefficient (Wildman–Crippen LogP) is 4.62. The number of nitrogens with two attached hydrogens (primary N) is 1. The number of imidazole rings is 1. The second kappa shape index (κ2) is 8.42. The first-order chi connectivity index (χ1) is 16.9. The second-order valence-corrected chi connectivity index (χ2v) is 9.57. The van der Waals surface area contributed by atoms with Crippen molar-refractivity contribution in [1.82, 2.24) is 19.9 Å². The molecule has 0 aliphatic carbocycles. The lowest BCUT2D eigenvalue weighted by Gasteiger charge is -2.33. The summed E-state index contributed by atoms with van der Waals surface area (Å²) in [7, 11) is 0. The molecule has 0 unspecified atom stereocenters. The third-order valence-electron chi connectivity index (χ3n) is 7.10. The van der Waals surface area contributed by atoms with Crippen molar-refractivity contribution in [1.29, 1.82) is 0 Å². The van der Waals surface area contributed by atoms with Crippen LogP contribution in [0.25, 0.3) is 16.8 Å². The molecule has 0 radical (unpaired) electrons. The van der Waals surface area contributed by atoms with Gasteiger partial charge < -0.3 is 20.4 Å². The van der Waals surface area contributed by atoms with Gasteiger partial charge in [0, 0.05) is 35.1 Å². The monoisotopic (exact) mass is 497 g/mol. The van der Waals surface area contributed by atoms with Gasteiger partial charge >= 0.3 is 0 Å². The summed E-state index contributed by atoms with van der Waals surface area (Å²) in [6, 6.07) is 4.15. The number of H-pyrrole nitrogens is 1. The molecule has 0 spiro atoms. The molecule has 3 aliphatic heterocycles.